The van der Waals surface area contributed by atoms with Crippen molar-refractivity contribution in [2.75, 3.05) is 19.6 Å². The van der Waals surface area contributed by atoms with Crippen molar-refractivity contribution >= 4 is 21.4 Å². The maximum atomic E-state index is 12.6. The van der Waals surface area contributed by atoms with E-state index in [2.05, 4.69) is 29.2 Å². The van der Waals surface area contributed by atoms with Crippen LogP contribution in [0.25, 0.3) is 0 Å². The van der Waals surface area contributed by atoms with Crippen LogP contribution in [0.5, 0.6) is 0 Å². The number of hydrogen-bond acceptors (Lipinski definition) is 4. The Morgan fingerprint density at radius 2 is 1.75 bits per heavy atom. The summed E-state index contributed by atoms with van der Waals surface area (Å²) in [5.74, 6) is 0. The number of sulfonamides is 1. The lowest BCUT2D eigenvalue weighted by atomic mass is 9.96. The van der Waals surface area contributed by atoms with Crippen molar-refractivity contribution in [3.05, 3.63) is 52.2 Å². The molecule has 6 heteroatoms. The van der Waals surface area contributed by atoms with E-state index in [0.717, 1.165) is 32.4 Å². The van der Waals surface area contributed by atoms with Gasteiger partial charge < -0.3 is 0 Å². The molecule has 4 rings (SSSR count). The lowest BCUT2D eigenvalue weighted by Crippen LogP contribution is -2.47. The number of benzene rings is 1. The summed E-state index contributed by atoms with van der Waals surface area (Å²) in [4.78, 5) is 2.98. The largest absolute Gasteiger partial charge is 0.296 e. The highest BCUT2D eigenvalue weighted by Crippen LogP contribution is 2.27. The zero-order valence-corrected chi connectivity index (χ0v) is 15.2. The number of piperidine rings is 1. The van der Waals surface area contributed by atoms with Gasteiger partial charge in [-0.05, 0) is 41.8 Å². The molecule has 1 aromatic carbocycles. The summed E-state index contributed by atoms with van der Waals surface area (Å²) in [6, 6.07) is 10.9. The lowest BCUT2D eigenvalue weighted by molar-refractivity contribution is 0.126. The van der Waals surface area contributed by atoms with Gasteiger partial charge in [-0.3, -0.25) is 4.90 Å². The molecule has 0 aliphatic carbocycles. The molecule has 1 fully saturated rings. The first-order valence-corrected chi connectivity index (χ1v) is 10.9. The van der Waals surface area contributed by atoms with E-state index in [-0.39, 0.29) is 0 Å². The van der Waals surface area contributed by atoms with Crippen molar-refractivity contribution < 1.29 is 8.42 Å². The molecule has 0 atom stereocenters. The second-order valence-corrected chi connectivity index (χ2v) is 9.30. The topological polar surface area (TPSA) is 40.6 Å². The second kappa shape index (κ2) is 6.59. The van der Waals surface area contributed by atoms with Crippen molar-refractivity contribution in [2.24, 2.45) is 0 Å². The summed E-state index contributed by atoms with van der Waals surface area (Å²) < 4.78 is 26.9. The smallest absolute Gasteiger partial charge is 0.243 e. The van der Waals surface area contributed by atoms with E-state index in [4.69, 9.17) is 0 Å². The van der Waals surface area contributed by atoms with Gasteiger partial charge in [0.2, 0.25) is 10.0 Å². The predicted octanol–water partition coefficient (Wildman–Crippen LogP) is 2.96. The molecule has 128 valence electrons. The van der Waals surface area contributed by atoms with Gasteiger partial charge in [0.05, 0.1) is 4.90 Å². The van der Waals surface area contributed by atoms with Crippen molar-refractivity contribution in [3.8, 4) is 0 Å². The SMILES string of the molecule is O=S(=O)(c1ccsc1)N1CCC(N2CCc3ccccc3C2)CC1. The molecule has 0 amide bonds. The van der Waals surface area contributed by atoms with E-state index in [9.17, 15) is 8.42 Å². The van der Waals surface area contributed by atoms with Crippen LogP contribution in [-0.2, 0) is 23.0 Å². The van der Waals surface area contributed by atoms with Crippen LogP contribution in [0.4, 0.5) is 0 Å². The molecule has 0 bridgehead atoms. The number of rotatable bonds is 3. The molecular formula is C18H22N2O2S2. The van der Waals surface area contributed by atoms with Gasteiger partial charge in [-0.25, -0.2) is 8.42 Å². The van der Waals surface area contributed by atoms with Crippen molar-refractivity contribution in [1.82, 2.24) is 9.21 Å². The Kier molecular flexibility index (Phi) is 4.47. The van der Waals surface area contributed by atoms with Gasteiger partial charge in [-0.15, -0.1) is 0 Å². The van der Waals surface area contributed by atoms with Crippen LogP contribution in [0.1, 0.15) is 24.0 Å². The highest BCUT2D eigenvalue weighted by atomic mass is 32.2. The van der Waals surface area contributed by atoms with Crippen molar-refractivity contribution in [2.45, 2.75) is 36.7 Å². The minimum atomic E-state index is -3.30. The molecule has 0 radical (unpaired) electrons. The van der Waals surface area contributed by atoms with Gasteiger partial charge in [0.25, 0.3) is 0 Å². The van der Waals surface area contributed by atoms with Crippen molar-refractivity contribution in [1.29, 1.82) is 0 Å². The summed E-state index contributed by atoms with van der Waals surface area (Å²) in [6.07, 6.45) is 2.95. The number of thiophene rings is 1. The van der Waals surface area contributed by atoms with Gasteiger partial charge in [-0.1, -0.05) is 24.3 Å². The zero-order chi connectivity index (χ0) is 16.6. The van der Waals surface area contributed by atoms with Gasteiger partial charge in [0.1, 0.15) is 0 Å². The monoisotopic (exact) mass is 362 g/mol. The van der Waals surface area contributed by atoms with E-state index in [1.165, 1.54) is 22.5 Å². The average Bonchev–Trinajstić information content (AvgIpc) is 3.17. The quantitative estimate of drug-likeness (QED) is 0.843. The number of nitrogens with zero attached hydrogens (tertiary/aromatic N) is 2. The normalized spacial score (nSPS) is 20.8. The molecule has 2 aromatic rings. The first-order chi connectivity index (χ1) is 11.6. The average molecular weight is 363 g/mol. The Balaban J connectivity index is 1.40. The maximum Gasteiger partial charge on any atom is 0.243 e. The molecule has 2 aliphatic heterocycles. The fraction of sp³-hybridized carbons (Fsp3) is 0.444. The predicted molar refractivity (Wildman–Crippen MR) is 96.7 cm³/mol. The standard InChI is InChI=1S/C18H22N2O2S2/c21-24(22,18-8-12-23-14-18)20-10-6-17(7-11-20)19-9-5-15-3-1-2-4-16(15)13-19/h1-4,8,12,14,17H,5-7,9-11,13H2. The van der Waals surface area contributed by atoms with E-state index >= 15 is 0 Å². The number of hydrogen-bond donors (Lipinski definition) is 0. The molecule has 24 heavy (non-hydrogen) atoms. The molecule has 0 saturated carbocycles. The van der Waals surface area contributed by atoms with E-state index < -0.39 is 10.0 Å². The third-order valence-corrected chi connectivity index (χ3v) is 7.96. The highest BCUT2D eigenvalue weighted by molar-refractivity contribution is 7.89. The fourth-order valence-electron chi connectivity index (χ4n) is 3.82. The summed E-state index contributed by atoms with van der Waals surface area (Å²) >= 11 is 1.43. The molecule has 0 spiro atoms. The van der Waals surface area contributed by atoms with Crippen LogP contribution in [0, 0.1) is 0 Å². The van der Waals surface area contributed by atoms with Crippen LogP contribution in [0.3, 0.4) is 0 Å². The molecule has 2 aliphatic rings. The summed E-state index contributed by atoms with van der Waals surface area (Å²) in [5, 5.41) is 3.55. The maximum absolute atomic E-state index is 12.6. The third-order valence-electron chi connectivity index (χ3n) is 5.23. The van der Waals surface area contributed by atoms with Crippen LogP contribution in [0.15, 0.2) is 46.0 Å². The van der Waals surface area contributed by atoms with E-state index in [0.29, 0.717) is 24.0 Å². The summed E-state index contributed by atoms with van der Waals surface area (Å²) in [6.45, 7) is 3.33. The fourth-order valence-corrected chi connectivity index (χ4v) is 6.31. The summed E-state index contributed by atoms with van der Waals surface area (Å²) in [5.41, 5.74) is 2.89. The van der Waals surface area contributed by atoms with Crippen LogP contribution < -0.4 is 0 Å². The number of fused-ring (bicyclic) bond motifs is 1. The van der Waals surface area contributed by atoms with Gasteiger partial charge in [0, 0.05) is 37.6 Å². The first kappa shape index (κ1) is 16.3. The molecule has 1 aromatic heterocycles. The van der Waals surface area contributed by atoms with Gasteiger partial charge >= 0.3 is 0 Å². The zero-order valence-electron chi connectivity index (χ0n) is 13.6. The molecular weight excluding hydrogens is 340 g/mol. The van der Waals surface area contributed by atoms with E-state index in [1.54, 1.807) is 15.8 Å². The Morgan fingerprint density at radius 1 is 1.00 bits per heavy atom. The minimum absolute atomic E-state index is 0.442. The van der Waals surface area contributed by atoms with Gasteiger partial charge in [0.15, 0.2) is 0 Å². The molecule has 4 nitrogen and oxygen atoms in total. The van der Waals surface area contributed by atoms with Crippen LogP contribution in [-0.4, -0.2) is 43.3 Å². The summed E-state index contributed by atoms with van der Waals surface area (Å²) in [7, 11) is -3.30. The third kappa shape index (κ3) is 3.04. The van der Waals surface area contributed by atoms with Gasteiger partial charge in [-0.2, -0.15) is 15.6 Å². The van der Waals surface area contributed by atoms with E-state index in [1.807, 2.05) is 5.38 Å². The highest BCUT2D eigenvalue weighted by Gasteiger charge is 2.32. The molecule has 1 saturated heterocycles. The minimum Gasteiger partial charge on any atom is -0.296 e. The second-order valence-electron chi connectivity index (χ2n) is 6.58. The van der Waals surface area contributed by atoms with Crippen LogP contribution >= 0.6 is 11.3 Å². The lowest BCUT2D eigenvalue weighted by Gasteiger charge is -2.40. The Bertz CT molecular complexity index is 794. The molecule has 0 N–H and O–H groups in total. The Hall–Kier alpha value is -1.21. The first-order valence-electron chi connectivity index (χ1n) is 8.48. The van der Waals surface area contributed by atoms with Crippen molar-refractivity contribution in [3.63, 3.8) is 0 Å². The molecule has 3 heterocycles. The molecule has 0 unspecified atom stereocenters. The Morgan fingerprint density at radius 3 is 2.46 bits per heavy atom. The Labute approximate surface area is 147 Å². The van der Waals surface area contributed by atoms with Crippen LogP contribution in [0.2, 0.25) is 0 Å².